The van der Waals surface area contributed by atoms with Gasteiger partial charge in [0.1, 0.15) is 0 Å². The first-order valence-electron chi connectivity index (χ1n) is 8.78. The van der Waals surface area contributed by atoms with Crippen LogP contribution in [0.1, 0.15) is 41.4 Å². The summed E-state index contributed by atoms with van der Waals surface area (Å²) >= 11 is 1.01. The molecule has 0 fully saturated rings. The van der Waals surface area contributed by atoms with Gasteiger partial charge in [-0.25, -0.2) is 4.57 Å². The van der Waals surface area contributed by atoms with E-state index in [1.807, 2.05) is 30.3 Å². The molecule has 0 saturated carbocycles. The number of nitro benzene ring substituents is 1. The normalized spacial score (nSPS) is 12.5. The third-order valence-corrected chi connectivity index (χ3v) is 8.04. The van der Waals surface area contributed by atoms with E-state index in [1.165, 1.54) is 24.3 Å². The average Bonchev–Trinajstić information content (AvgIpc) is 2.68. The van der Waals surface area contributed by atoms with E-state index >= 15 is 0 Å². The molecule has 0 saturated heterocycles. The molecular weight excluding hydrogens is 401 g/mol. The van der Waals surface area contributed by atoms with Crippen molar-refractivity contribution in [3.05, 3.63) is 75.8 Å². The van der Waals surface area contributed by atoms with E-state index in [0.717, 1.165) is 16.9 Å². The van der Waals surface area contributed by atoms with Crippen molar-refractivity contribution in [3.8, 4) is 0 Å². The van der Waals surface area contributed by atoms with Crippen LogP contribution < -0.4 is 0 Å². The first-order chi connectivity index (χ1) is 13.4. The molecule has 9 heteroatoms. The molecule has 0 spiro atoms. The number of hydrogen-bond donors (Lipinski definition) is 0. The zero-order chi connectivity index (χ0) is 20.6. The topological polar surface area (TPSA) is 95.7 Å². The monoisotopic (exact) mass is 423 g/mol. The van der Waals surface area contributed by atoms with E-state index in [2.05, 4.69) is 0 Å². The fourth-order valence-electron chi connectivity index (χ4n) is 2.51. The molecule has 0 aliphatic carbocycles. The number of nitrogens with zero attached hydrogens (tertiary/aromatic N) is 1. The number of ketones is 1. The summed E-state index contributed by atoms with van der Waals surface area (Å²) in [6.07, 6.45) is 0.0522. The largest absolute Gasteiger partial charge is 0.389 e. The molecule has 0 heterocycles. The van der Waals surface area contributed by atoms with Crippen molar-refractivity contribution in [2.24, 2.45) is 0 Å². The summed E-state index contributed by atoms with van der Waals surface area (Å²) in [4.78, 5) is 23.0. The van der Waals surface area contributed by atoms with Gasteiger partial charge >= 0.3 is 6.80 Å². The molecule has 0 radical (unpaired) electrons. The number of benzene rings is 2. The molecular formula is C19H22NO6PS. The molecule has 0 bridgehead atoms. The molecule has 2 aromatic rings. The lowest BCUT2D eigenvalue weighted by Crippen LogP contribution is -2.06. The molecule has 1 atom stereocenters. The number of rotatable bonds is 11. The van der Waals surface area contributed by atoms with Gasteiger partial charge in [-0.1, -0.05) is 30.3 Å². The molecule has 0 aliphatic rings. The third kappa shape index (κ3) is 6.27. The number of nitro groups is 1. The van der Waals surface area contributed by atoms with E-state index in [0.29, 0.717) is 5.56 Å². The van der Waals surface area contributed by atoms with E-state index in [4.69, 9.17) is 9.05 Å². The minimum atomic E-state index is -3.43. The highest BCUT2D eigenvalue weighted by Gasteiger charge is 2.32. The lowest BCUT2D eigenvalue weighted by molar-refractivity contribution is -0.384. The Balaban J connectivity index is 2.25. The first-order valence-corrected chi connectivity index (χ1v) is 11.8. The molecule has 7 nitrogen and oxygen atoms in total. The summed E-state index contributed by atoms with van der Waals surface area (Å²) in [7, 11) is 0. The zero-order valence-corrected chi connectivity index (χ0v) is 17.4. The van der Waals surface area contributed by atoms with E-state index in [-0.39, 0.29) is 31.1 Å². The van der Waals surface area contributed by atoms with Crippen LogP contribution >= 0.6 is 18.2 Å². The number of carbonyl (C=O) groups is 1. The van der Waals surface area contributed by atoms with E-state index in [9.17, 15) is 19.5 Å². The third-order valence-electron chi connectivity index (χ3n) is 3.77. The molecule has 150 valence electrons. The van der Waals surface area contributed by atoms with Crippen molar-refractivity contribution >= 4 is 29.6 Å². The van der Waals surface area contributed by atoms with Gasteiger partial charge in [0.2, 0.25) is 0 Å². The molecule has 0 aromatic heterocycles. The summed E-state index contributed by atoms with van der Waals surface area (Å²) in [5.41, 5.74) is 1.10. The smallest absolute Gasteiger partial charge is 0.301 e. The van der Waals surface area contributed by atoms with Crippen molar-refractivity contribution in [3.63, 3.8) is 0 Å². The maximum atomic E-state index is 13.0. The molecule has 0 N–H and O–H groups in total. The van der Waals surface area contributed by atoms with E-state index < -0.39 is 17.0 Å². The van der Waals surface area contributed by atoms with Crippen LogP contribution in [0.2, 0.25) is 0 Å². The summed E-state index contributed by atoms with van der Waals surface area (Å²) in [6.45, 7) is 0.470. The number of carbonyl (C=O) groups excluding carboxylic acids is 1. The van der Waals surface area contributed by atoms with Crippen LogP contribution in [-0.2, 0) is 13.6 Å². The van der Waals surface area contributed by atoms with Crippen LogP contribution in [0.3, 0.4) is 0 Å². The highest BCUT2D eigenvalue weighted by molar-refractivity contribution is 8.55. The summed E-state index contributed by atoms with van der Waals surface area (Å²) in [5.74, 6) is -0.212. The number of Topliss-reactive ketones (excluding diaryl/α,β-unsaturated/α-hetero) is 1. The van der Waals surface area contributed by atoms with E-state index in [1.54, 1.807) is 13.8 Å². The van der Waals surface area contributed by atoms with Crippen LogP contribution in [0.15, 0.2) is 54.6 Å². The highest BCUT2D eigenvalue weighted by atomic mass is 32.7. The van der Waals surface area contributed by atoms with Crippen molar-refractivity contribution in [1.29, 1.82) is 0 Å². The fraction of sp³-hybridized carbons (Fsp3) is 0.316. The predicted octanol–water partition coefficient (Wildman–Crippen LogP) is 5.82. The van der Waals surface area contributed by atoms with Crippen LogP contribution in [-0.4, -0.2) is 23.9 Å². The molecule has 2 rings (SSSR count). The zero-order valence-electron chi connectivity index (χ0n) is 15.6. The Hall–Kier alpha value is -1.99. The molecule has 28 heavy (non-hydrogen) atoms. The van der Waals surface area contributed by atoms with Crippen molar-refractivity contribution < 1.29 is 23.3 Å². The molecule has 0 unspecified atom stereocenters. The minimum Gasteiger partial charge on any atom is -0.301 e. The van der Waals surface area contributed by atoms with Gasteiger partial charge < -0.3 is 9.05 Å². The lowest BCUT2D eigenvalue weighted by Gasteiger charge is -2.22. The van der Waals surface area contributed by atoms with Gasteiger partial charge in [0, 0.05) is 29.4 Å². The fourth-order valence-corrected chi connectivity index (χ4v) is 6.68. The van der Waals surface area contributed by atoms with Crippen LogP contribution in [0, 0.1) is 10.1 Å². The molecule has 0 aliphatic heterocycles. The lowest BCUT2D eigenvalue weighted by atomic mass is 10.0. The van der Waals surface area contributed by atoms with Gasteiger partial charge in [-0.05, 0) is 42.9 Å². The van der Waals surface area contributed by atoms with Crippen LogP contribution in [0.5, 0.6) is 0 Å². The maximum absolute atomic E-state index is 13.0. The average molecular weight is 423 g/mol. The second kappa shape index (κ2) is 10.5. The van der Waals surface area contributed by atoms with Crippen molar-refractivity contribution in [2.75, 3.05) is 13.2 Å². The van der Waals surface area contributed by atoms with Gasteiger partial charge in [-0.15, -0.1) is 0 Å². The van der Waals surface area contributed by atoms with Crippen LogP contribution in [0.25, 0.3) is 0 Å². The Morgan fingerprint density at radius 2 is 1.64 bits per heavy atom. The quantitative estimate of drug-likeness (QED) is 0.194. The second-order valence-electron chi connectivity index (χ2n) is 5.72. The van der Waals surface area contributed by atoms with Gasteiger partial charge in [-0.2, -0.15) is 0 Å². The summed E-state index contributed by atoms with van der Waals surface area (Å²) in [6, 6.07) is 14.7. The molecule has 2 aromatic carbocycles. The number of hydrogen-bond acceptors (Lipinski definition) is 7. The summed E-state index contributed by atoms with van der Waals surface area (Å²) in [5, 5.41) is 10.3. The summed E-state index contributed by atoms with van der Waals surface area (Å²) < 4.78 is 23.7. The Morgan fingerprint density at radius 3 is 2.14 bits per heavy atom. The Morgan fingerprint density at radius 1 is 1.07 bits per heavy atom. The Kier molecular flexibility index (Phi) is 8.38. The van der Waals surface area contributed by atoms with Crippen molar-refractivity contribution in [1.82, 2.24) is 0 Å². The highest BCUT2D eigenvalue weighted by Crippen LogP contribution is 2.66. The predicted molar refractivity (Wildman–Crippen MR) is 110 cm³/mol. The maximum Gasteiger partial charge on any atom is 0.389 e. The SMILES string of the molecule is CCOP(=O)(OCC)S[C@H](CC(=O)c1ccc([N+](=O)[O-])cc1)c1ccccc1. The van der Waals surface area contributed by atoms with Crippen molar-refractivity contribution in [2.45, 2.75) is 25.5 Å². The second-order valence-corrected chi connectivity index (χ2v) is 9.88. The Bertz CT molecular complexity index is 833. The van der Waals surface area contributed by atoms with Gasteiger partial charge in [-0.3, -0.25) is 14.9 Å². The van der Waals surface area contributed by atoms with Gasteiger partial charge in [0.05, 0.1) is 18.1 Å². The minimum absolute atomic E-state index is 0.0522. The standard InChI is InChI=1S/C19H22NO6PS/c1-3-25-27(24,26-4-2)28-19(16-8-6-5-7-9-16)14-18(21)15-10-12-17(13-11-15)20(22)23/h5-13,19H,3-4,14H2,1-2H3/t19-/m1/s1. The van der Waals surface area contributed by atoms with Gasteiger partial charge in [0.25, 0.3) is 5.69 Å². The van der Waals surface area contributed by atoms with Crippen LogP contribution in [0.4, 0.5) is 5.69 Å². The molecule has 0 amide bonds. The first kappa shape index (κ1) is 22.3. The number of non-ortho nitro benzene ring substituents is 1. The van der Waals surface area contributed by atoms with Gasteiger partial charge in [0.15, 0.2) is 5.78 Å². The Labute approximate surface area is 167 Å².